The highest BCUT2D eigenvalue weighted by molar-refractivity contribution is 5.06. The van der Waals surface area contributed by atoms with Gasteiger partial charge in [-0.15, -0.1) is 0 Å². The molecule has 18 heavy (non-hydrogen) atoms. The fourth-order valence-corrected chi connectivity index (χ4v) is 1.34. The second kappa shape index (κ2) is 6.65. The van der Waals surface area contributed by atoms with Crippen LogP contribution in [0.1, 0.15) is 18.3 Å². The zero-order chi connectivity index (χ0) is 13.6. The normalized spacial score (nSPS) is 13.6. The SMILES string of the molecule is CC(N)Cc1cnc(CCOCC(F)(F)F)nc1. The van der Waals surface area contributed by atoms with Gasteiger partial charge in [0, 0.05) is 24.9 Å². The smallest absolute Gasteiger partial charge is 0.372 e. The lowest BCUT2D eigenvalue weighted by Gasteiger charge is -2.07. The third kappa shape index (κ3) is 6.51. The fraction of sp³-hybridized carbons (Fsp3) is 0.636. The molecule has 102 valence electrons. The number of rotatable bonds is 6. The van der Waals surface area contributed by atoms with Crippen molar-refractivity contribution in [3.63, 3.8) is 0 Å². The van der Waals surface area contributed by atoms with Crippen molar-refractivity contribution in [2.24, 2.45) is 5.73 Å². The molecule has 1 rings (SSSR count). The molecule has 0 spiro atoms. The van der Waals surface area contributed by atoms with Gasteiger partial charge in [0.05, 0.1) is 6.61 Å². The van der Waals surface area contributed by atoms with Gasteiger partial charge in [0.25, 0.3) is 0 Å². The predicted octanol–water partition coefficient (Wildman–Crippen LogP) is 1.49. The second-order valence-corrected chi connectivity index (χ2v) is 4.11. The summed E-state index contributed by atoms with van der Waals surface area (Å²) in [5.74, 6) is 0.464. The average Bonchev–Trinajstić information content (AvgIpc) is 2.24. The Balaban J connectivity index is 2.31. The standard InChI is InChI=1S/C11H16F3N3O/c1-8(15)4-9-5-16-10(17-6-9)2-3-18-7-11(12,13)14/h5-6,8H,2-4,7,15H2,1H3. The summed E-state index contributed by atoms with van der Waals surface area (Å²) in [4.78, 5) is 8.08. The summed E-state index contributed by atoms with van der Waals surface area (Å²) >= 11 is 0. The largest absolute Gasteiger partial charge is 0.411 e. The van der Waals surface area contributed by atoms with Gasteiger partial charge in [-0.05, 0) is 18.9 Å². The summed E-state index contributed by atoms with van der Waals surface area (Å²) in [6.45, 7) is 0.584. The lowest BCUT2D eigenvalue weighted by atomic mass is 10.1. The topological polar surface area (TPSA) is 61.0 Å². The number of alkyl halides is 3. The van der Waals surface area contributed by atoms with Crippen molar-refractivity contribution in [3.8, 4) is 0 Å². The Morgan fingerprint density at radius 1 is 1.33 bits per heavy atom. The van der Waals surface area contributed by atoms with E-state index in [4.69, 9.17) is 5.73 Å². The number of halogens is 3. The van der Waals surface area contributed by atoms with E-state index in [2.05, 4.69) is 14.7 Å². The third-order valence-corrected chi connectivity index (χ3v) is 2.05. The van der Waals surface area contributed by atoms with E-state index < -0.39 is 12.8 Å². The molecule has 0 fully saturated rings. The van der Waals surface area contributed by atoms with Crippen molar-refractivity contribution in [1.82, 2.24) is 9.97 Å². The first-order chi connectivity index (χ1) is 8.37. The molecule has 0 aromatic carbocycles. The molecule has 0 aliphatic carbocycles. The molecule has 1 unspecified atom stereocenters. The molecule has 0 aliphatic heterocycles. The summed E-state index contributed by atoms with van der Waals surface area (Å²) < 4.78 is 39.8. The van der Waals surface area contributed by atoms with Crippen LogP contribution >= 0.6 is 0 Å². The molecule has 1 atom stereocenters. The van der Waals surface area contributed by atoms with Crippen LogP contribution < -0.4 is 5.73 Å². The Morgan fingerprint density at radius 3 is 2.44 bits per heavy atom. The highest BCUT2D eigenvalue weighted by Crippen LogP contribution is 2.14. The number of hydrogen-bond donors (Lipinski definition) is 1. The van der Waals surface area contributed by atoms with Crippen LogP contribution in [0.15, 0.2) is 12.4 Å². The molecule has 1 aromatic rings. The first kappa shape index (κ1) is 14.8. The lowest BCUT2D eigenvalue weighted by Crippen LogP contribution is -2.19. The van der Waals surface area contributed by atoms with E-state index in [1.54, 1.807) is 12.4 Å². The molecular weight excluding hydrogens is 247 g/mol. The molecule has 0 aliphatic rings. The van der Waals surface area contributed by atoms with Gasteiger partial charge in [0.2, 0.25) is 0 Å². The zero-order valence-electron chi connectivity index (χ0n) is 10.1. The number of nitrogens with zero attached hydrogens (tertiary/aromatic N) is 2. The molecule has 1 heterocycles. The van der Waals surface area contributed by atoms with Crippen LogP contribution in [0.3, 0.4) is 0 Å². The minimum Gasteiger partial charge on any atom is -0.372 e. The average molecular weight is 263 g/mol. The minimum atomic E-state index is -4.29. The van der Waals surface area contributed by atoms with Gasteiger partial charge < -0.3 is 10.5 Å². The summed E-state index contributed by atoms with van der Waals surface area (Å²) in [7, 11) is 0. The Labute approximate surface area is 103 Å². The highest BCUT2D eigenvalue weighted by atomic mass is 19.4. The van der Waals surface area contributed by atoms with Gasteiger partial charge >= 0.3 is 6.18 Å². The molecule has 0 saturated heterocycles. The van der Waals surface area contributed by atoms with Gasteiger partial charge in [-0.3, -0.25) is 0 Å². The van der Waals surface area contributed by atoms with Crippen LogP contribution in [0.25, 0.3) is 0 Å². The summed E-state index contributed by atoms with van der Waals surface area (Å²) in [5, 5.41) is 0. The summed E-state index contributed by atoms with van der Waals surface area (Å²) in [6.07, 6.45) is -0.0910. The Bertz CT molecular complexity index is 352. The van der Waals surface area contributed by atoms with E-state index in [0.29, 0.717) is 12.2 Å². The maximum atomic E-state index is 11.8. The predicted molar refractivity (Wildman–Crippen MR) is 60.0 cm³/mol. The van der Waals surface area contributed by atoms with Crippen molar-refractivity contribution >= 4 is 0 Å². The highest BCUT2D eigenvalue weighted by Gasteiger charge is 2.27. The van der Waals surface area contributed by atoms with E-state index >= 15 is 0 Å². The maximum absolute atomic E-state index is 11.8. The van der Waals surface area contributed by atoms with Gasteiger partial charge in [-0.2, -0.15) is 13.2 Å². The van der Waals surface area contributed by atoms with Crippen LogP contribution in [0.4, 0.5) is 13.2 Å². The van der Waals surface area contributed by atoms with E-state index in [-0.39, 0.29) is 19.1 Å². The molecule has 0 saturated carbocycles. The first-order valence-electron chi connectivity index (χ1n) is 5.56. The van der Waals surface area contributed by atoms with Gasteiger partial charge in [-0.1, -0.05) is 0 Å². The fourth-order valence-electron chi connectivity index (χ4n) is 1.34. The molecule has 0 amide bonds. The Kier molecular flexibility index (Phi) is 5.49. The van der Waals surface area contributed by atoms with Crippen molar-refractivity contribution in [2.75, 3.05) is 13.2 Å². The number of ether oxygens (including phenoxy) is 1. The van der Waals surface area contributed by atoms with Crippen LogP contribution in [0.5, 0.6) is 0 Å². The first-order valence-corrected chi connectivity index (χ1v) is 5.56. The van der Waals surface area contributed by atoms with E-state index in [1.807, 2.05) is 6.92 Å². The Morgan fingerprint density at radius 2 is 1.94 bits per heavy atom. The number of hydrogen-bond acceptors (Lipinski definition) is 4. The van der Waals surface area contributed by atoms with Crippen molar-refractivity contribution < 1.29 is 17.9 Å². The third-order valence-electron chi connectivity index (χ3n) is 2.05. The van der Waals surface area contributed by atoms with Crippen LogP contribution in [0.2, 0.25) is 0 Å². The monoisotopic (exact) mass is 263 g/mol. The molecule has 1 aromatic heterocycles. The van der Waals surface area contributed by atoms with Gasteiger partial charge in [0.15, 0.2) is 0 Å². The van der Waals surface area contributed by atoms with E-state index in [9.17, 15) is 13.2 Å². The quantitative estimate of drug-likeness (QED) is 0.790. The second-order valence-electron chi connectivity index (χ2n) is 4.11. The molecule has 4 nitrogen and oxygen atoms in total. The van der Waals surface area contributed by atoms with Crippen molar-refractivity contribution in [1.29, 1.82) is 0 Å². The van der Waals surface area contributed by atoms with Crippen molar-refractivity contribution in [2.45, 2.75) is 32.0 Å². The number of aromatic nitrogens is 2. The molecule has 2 N–H and O–H groups in total. The molecule has 0 bridgehead atoms. The molecule has 0 radical (unpaired) electrons. The lowest BCUT2D eigenvalue weighted by molar-refractivity contribution is -0.173. The van der Waals surface area contributed by atoms with Crippen LogP contribution in [0, 0.1) is 0 Å². The van der Waals surface area contributed by atoms with E-state index in [1.165, 1.54) is 0 Å². The van der Waals surface area contributed by atoms with Crippen LogP contribution in [-0.4, -0.2) is 35.4 Å². The molecule has 7 heteroatoms. The summed E-state index contributed by atoms with van der Waals surface area (Å²) in [6, 6.07) is 0.0227. The van der Waals surface area contributed by atoms with Crippen molar-refractivity contribution in [3.05, 3.63) is 23.8 Å². The zero-order valence-corrected chi connectivity index (χ0v) is 10.1. The van der Waals surface area contributed by atoms with E-state index in [0.717, 1.165) is 5.56 Å². The Hall–Kier alpha value is -1.21. The van der Waals surface area contributed by atoms with Crippen LogP contribution in [-0.2, 0) is 17.6 Å². The van der Waals surface area contributed by atoms with Gasteiger partial charge in [-0.25, -0.2) is 9.97 Å². The van der Waals surface area contributed by atoms with Gasteiger partial charge in [0.1, 0.15) is 12.4 Å². The maximum Gasteiger partial charge on any atom is 0.411 e. The minimum absolute atomic E-state index is 0.0227. The number of nitrogens with two attached hydrogens (primary N) is 1. The summed E-state index contributed by atoms with van der Waals surface area (Å²) in [5.41, 5.74) is 6.53. The molecular formula is C11H16F3N3O.